The van der Waals surface area contributed by atoms with Crippen LogP contribution < -0.4 is 5.73 Å². The summed E-state index contributed by atoms with van der Waals surface area (Å²) < 4.78 is 15.6. The second-order valence-electron chi connectivity index (χ2n) is 6.59. The molecule has 0 fully saturated rings. The Hall–Kier alpha value is -3.08. The Morgan fingerprint density at radius 3 is 2.79 bits per heavy atom. The van der Waals surface area contributed by atoms with E-state index in [1.807, 2.05) is 31.2 Å². The van der Waals surface area contributed by atoms with Crippen molar-refractivity contribution in [2.45, 2.75) is 19.8 Å². The van der Waals surface area contributed by atoms with Crippen molar-refractivity contribution < 1.29 is 19.0 Å². The minimum Gasteiger partial charge on any atom is -0.460 e. The highest BCUT2D eigenvalue weighted by atomic mass is 35.5. The van der Waals surface area contributed by atoms with Crippen LogP contribution in [0.2, 0.25) is 5.15 Å². The smallest absolute Gasteiger partial charge is 0.338 e. The van der Waals surface area contributed by atoms with Gasteiger partial charge in [0.05, 0.1) is 23.6 Å². The largest absolute Gasteiger partial charge is 0.460 e. The predicted octanol–water partition coefficient (Wildman–Crippen LogP) is 3.47. The molecule has 0 spiro atoms. The van der Waals surface area contributed by atoms with E-state index in [2.05, 4.69) is 4.98 Å². The summed E-state index contributed by atoms with van der Waals surface area (Å²) >= 11 is 6.48. The summed E-state index contributed by atoms with van der Waals surface area (Å²) in [4.78, 5) is 17.3. The predicted molar refractivity (Wildman–Crippen MR) is 108 cm³/mol. The molecule has 0 bridgehead atoms. The first kappa shape index (κ1) is 20.6. The first-order chi connectivity index (χ1) is 13.9. The number of aryl methyl sites for hydroxylation is 1. The Kier molecular flexibility index (Phi) is 6.06. The van der Waals surface area contributed by atoms with Gasteiger partial charge in [0.2, 0.25) is 5.88 Å². The van der Waals surface area contributed by atoms with E-state index < -0.39 is 11.9 Å². The summed E-state index contributed by atoms with van der Waals surface area (Å²) in [6, 6.07) is 9.60. The molecule has 2 heterocycles. The number of aromatic nitrogens is 1. The molecule has 0 saturated heterocycles. The Bertz CT molecular complexity index is 1090. The molecule has 2 aromatic rings. The normalized spacial score (nSPS) is 16.6. The van der Waals surface area contributed by atoms with Crippen LogP contribution in [0, 0.1) is 18.3 Å². The molecule has 1 aromatic carbocycles. The SMILES string of the molecule is COCCOC(=O)C1=C(C)OC(N)=C(C#N)[C@@H]1c1cc2ccc(C)cc2nc1Cl. The van der Waals surface area contributed by atoms with Crippen LogP contribution in [0.25, 0.3) is 10.9 Å². The van der Waals surface area contributed by atoms with Gasteiger partial charge in [-0.05, 0) is 31.5 Å². The molecule has 0 amide bonds. The van der Waals surface area contributed by atoms with E-state index in [9.17, 15) is 10.1 Å². The number of carbonyl (C=O) groups is 1. The number of fused-ring (bicyclic) bond motifs is 1. The van der Waals surface area contributed by atoms with Crippen molar-refractivity contribution in [1.29, 1.82) is 5.26 Å². The second kappa shape index (κ2) is 8.52. The fourth-order valence-corrected chi connectivity index (χ4v) is 3.48. The monoisotopic (exact) mass is 413 g/mol. The topological polar surface area (TPSA) is 107 Å². The standard InChI is InChI=1S/C21H20ClN3O4/c1-11-4-5-13-9-14(19(22)25-16(13)8-11)18-15(10-23)20(24)29-12(2)17(18)21(26)28-7-6-27-3/h4-5,8-9,18H,6-7,24H2,1-3H3/t18-/m0/s1. The van der Waals surface area contributed by atoms with Crippen molar-refractivity contribution in [1.82, 2.24) is 4.98 Å². The highest BCUT2D eigenvalue weighted by molar-refractivity contribution is 6.30. The summed E-state index contributed by atoms with van der Waals surface area (Å²) in [6.07, 6.45) is 0. The number of nitrogens with zero attached hydrogens (tertiary/aromatic N) is 2. The Balaban J connectivity index is 2.16. The fourth-order valence-electron chi connectivity index (χ4n) is 3.22. The third-order valence-electron chi connectivity index (χ3n) is 4.61. The number of benzene rings is 1. The molecule has 29 heavy (non-hydrogen) atoms. The fraction of sp³-hybridized carbons (Fsp3) is 0.286. The summed E-state index contributed by atoms with van der Waals surface area (Å²) in [6.45, 7) is 3.85. The number of esters is 1. The zero-order valence-electron chi connectivity index (χ0n) is 16.3. The molecule has 0 unspecified atom stereocenters. The molecule has 150 valence electrons. The zero-order chi connectivity index (χ0) is 21.1. The lowest BCUT2D eigenvalue weighted by Crippen LogP contribution is -2.26. The lowest BCUT2D eigenvalue weighted by molar-refractivity contribution is -0.140. The van der Waals surface area contributed by atoms with Crippen molar-refractivity contribution in [3.8, 4) is 6.07 Å². The molecule has 1 aliphatic rings. The molecule has 2 N–H and O–H groups in total. The molecule has 7 nitrogen and oxygen atoms in total. The molecule has 1 aromatic heterocycles. The van der Waals surface area contributed by atoms with Gasteiger partial charge in [0.25, 0.3) is 0 Å². The number of nitriles is 1. The van der Waals surface area contributed by atoms with Crippen LogP contribution in [0.3, 0.4) is 0 Å². The van der Waals surface area contributed by atoms with Crippen molar-refractivity contribution >= 4 is 28.5 Å². The van der Waals surface area contributed by atoms with Gasteiger partial charge in [-0.15, -0.1) is 0 Å². The van der Waals surface area contributed by atoms with Gasteiger partial charge >= 0.3 is 5.97 Å². The summed E-state index contributed by atoms with van der Waals surface area (Å²) in [5, 5.41) is 10.7. The minimum absolute atomic E-state index is 0.0584. The first-order valence-electron chi connectivity index (χ1n) is 8.88. The second-order valence-corrected chi connectivity index (χ2v) is 6.95. The Morgan fingerprint density at radius 1 is 1.34 bits per heavy atom. The van der Waals surface area contributed by atoms with E-state index in [1.165, 1.54) is 7.11 Å². The third kappa shape index (κ3) is 4.04. The highest BCUT2D eigenvalue weighted by Crippen LogP contribution is 2.42. The lowest BCUT2D eigenvalue weighted by Gasteiger charge is -2.27. The van der Waals surface area contributed by atoms with Crippen LogP contribution in [0.5, 0.6) is 0 Å². The Morgan fingerprint density at radius 2 is 2.10 bits per heavy atom. The van der Waals surface area contributed by atoms with E-state index in [4.69, 9.17) is 31.5 Å². The number of methoxy groups -OCH3 is 1. The van der Waals surface area contributed by atoms with Gasteiger partial charge in [-0.2, -0.15) is 5.26 Å². The van der Waals surface area contributed by atoms with Crippen LogP contribution >= 0.6 is 11.6 Å². The molecule has 8 heteroatoms. The number of hydrogen-bond donors (Lipinski definition) is 1. The van der Waals surface area contributed by atoms with Gasteiger partial charge in [-0.1, -0.05) is 23.7 Å². The van der Waals surface area contributed by atoms with Crippen molar-refractivity contribution in [2.75, 3.05) is 20.3 Å². The van der Waals surface area contributed by atoms with E-state index in [0.29, 0.717) is 11.1 Å². The van der Waals surface area contributed by atoms with Gasteiger partial charge < -0.3 is 19.9 Å². The maximum Gasteiger partial charge on any atom is 0.338 e. The Labute approximate surface area is 173 Å². The van der Waals surface area contributed by atoms with Gasteiger partial charge in [0, 0.05) is 18.1 Å². The molecule has 1 atom stereocenters. The lowest BCUT2D eigenvalue weighted by atomic mass is 9.83. The number of nitrogens with two attached hydrogens (primary N) is 1. The van der Waals surface area contributed by atoms with E-state index in [1.54, 1.807) is 13.0 Å². The van der Waals surface area contributed by atoms with Gasteiger partial charge in [-0.3, -0.25) is 0 Å². The molecule has 3 rings (SSSR count). The molecule has 1 aliphatic heterocycles. The van der Waals surface area contributed by atoms with Gasteiger partial charge in [0.1, 0.15) is 29.2 Å². The van der Waals surface area contributed by atoms with Crippen LogP contribution in [0.4, 0.5) is 0 Å². The molecule has 0 saturated carbocycles. The van der Waals surface area contributed by atoms with Gasteiger partial charge in [-0.25, -0.2) is 9.78 Å². The van der Waals surface area contributed by atoms with Crippen LogP contribution in [0.1, 0.15) is 24.0 Å². The molecule has 0 aliphatic carbocycles. The molecular weight excluding hydrogens is 394 g/mol. The zero-order valence-corrected chi connectivity index (χ0v) is 17.0. The number of ether oxygens (including phenoxy) is 3. The minimum atomic E-state index is -0.852. The average Bonchev–Trinajstić information content (AvgIpc) is 2.67. The third-order valence-corrected chi connectivity index (χ3v) is 4.91. The summed E-state index contributed by atoms with van der Waals surface area (Å²) in [5.74, 6) is -1.32. The number of pyridine rings is 1. The number of halogens is 1. The summed E-state index contributed by atoms with van der Waals surface area (Å²) in [7, 11) is 1.50. The number of rotatable bonds is 5. The number of hydrogen-bond acceptors (Lipinski definition) is 7. The maximum atomic E-state index is 12.8. The summed E-state index contributed by atoms with van der Waals surface area (Å²) in [5.41, 5.74) is 8.40. The molecular formula is C21H20ClN3O4. The van der Waals surface area contributed by atoms with Crippen molar-refractivity contribution in [3.63, 3.8) is 0 Å². The molecule has 0 radical (unpaired) electrons. The first-order valence-corrected chi connectivity index (χ1v) is 9.26. The van der Waals surface area contributed by atoms with Crippen molar-refractivity contribution in [3.05, 3.63) is 63.3 Å². The van der Waals surface area contributed by atoms with Gasteiger partial charge in [0.15, 0.2) is 0 Å². The van der Waals surface area contributed by atoms with Crippen LogP contribution in [-0.2, 0) is 19.0 Å². The number of carbonyl (C=O) groups excluding carboxylic acids is 1. The average molecular weight is 414 g/mol. The van der Waals surface area contributed by atoms with E-state index >= 15 is 0 Å². The maximum absolute atomic E-state index is 12.8. The van der Waals surface area contributed by atoms with Crippen LogP contribution in [-0.4, -0.2) is 31.3 Å². The quantitative estimate of drug-likeness (QED) is 0.454. The van der Waals surface area contributed by atoms with E-state index in [0.717, 1.165) is 10.9 Å². The van der Waals surface area contributed by atoms with Crippen LogP contribution in [0.15, 0.2) is 47.1 Å². The highest BCUT2D eigenvalue weighted by Gasteiger charge is 2.38. The van der Waals surface area contributed by atoms with E-state index in [-0.39, 0.29) is 41.2 Å². The number of allylic oxidation sites excluding steroid dienone is 2. The van der Waals surface area contributed by atoms with Crippen molar-refractivity contribution in [2.24, 2.45) is 5.73 Å².